The summed E-state index contributed by atoms with van der Waals surface area (Å²) in [4.78, 5) is 12.8. The molecular formula is C20H15NO3. The molecule has 0 amide bonds. The number of ketones is 1. The number of rotatable bonds is 2. The van der Waals surface area contributed by atoms with Crippen LogP contribution >= 0.6 is 0 Å². The summed E-state index contributed by atoms with van der Waals surface area (Å²) in [6.07, 6.45) is 3.67. The smallest absolute Gasteiger partial charge is 0.207 e. The largest absolute Gasteiger partial charge is 0.504 e. The third-order valence-electron chi connectivity index (χ3n) is 4.28. The number of Topliss-reactive ketones (excluding diaryl/α,β-unsaturated/α-hetero) is 1. The van der Waals surface area contributed by atoms with Gasteiger partial charge in [0.1, 0.15) is 0 Å². The van der Waals surface area contributed by atoms with E-state index < -0.39 is 0 Å². The number of fused-ring (bicyclic) bond motifs is 1. The van der Waals surface area contributed by atoms with E-state index in [0.29, 0.717) is 16.8 Å². The molecule has 0 bridgehead atoms. The minimum Gasteiger partial charge on any atom is -0.504 e. The predicted molar refractivity (Wildman–Crippen MR) is 91.1 cm³/mol. The van der Waals surface area contributed by atoms with Gasteiger partial charge in [-0.3, -0.25) is 4.79 Å². The number of aromatic nitrogens is 1. The van der Waals surface area contributed by atoms with Crippen molar-refractivity contribution in [1.29, 1.82) is 0 Å². The van der Waals surface area contributed by atoms with Crippen molar-refractivity contribution in [2.75, 3.05) is 0 Å². The van der Waals surface area contributed by atoms with E-state index in [1.807, 2.05) is 53.2 Å². The Hall–Kier alpha value is -3.27. The zero-order chi connectivity index (χ0) is 16.7. The monoisotopic (exact) mass is 317 g/mol. The van der Waals surface area contributed by atoms with Crippen molar-refractivity contribution in [2.45, 2.75) is 6.04 Å². The van der Waals surface area contributed by atoms with E-state index in [-0.39, 0.29) is 23.3 Å². The maximum absolute atomic E-state index is 12.8. The van der Waals surface area contributed by atoms with E-state index in [1.165, 1.54) is 12.1 Å². The van der Waals surface area contributed by atoms with Crippen LogP contribution in [-0.2, 0) is 0 Å². The molecule has 2 N–H and O–H groups in total. The molecule has 3 aromatic rings. The van der Waals surface area contributed by atoms with Crippen LogP contribution in [0.15, 0.2) is 72.4 Å². The zero-order valence-electron chi connectivity index (χ0n) is 12.8. The topological polar surface area (TPSA) is 62.5 Å². The minimum absolute atomic E-state index is 0.0265. The summed E-state index contributed by atoms with van der Waals surface area (Å²) >= 11 is 0. The molecule has 118 valence electrons. The summed E-state index contributed by atoms with van der Waals surface area (Å²) in [6.45, 7) is 0. The third kappa shape index (κ3) is 2.20. The Morgan fingerprint density at radius 2 is 1.71 bits per heavy atom. The average Bonchev–Trinajstić information content (AvgIpc) is 3.15. The normalized spacial score (nSPS) is 18.1. The number of benzene rings is 2. The minimum atomic E-state index is -0.203. The van der Waals surface area contributed by atoms with Gasteiger partial charge in [-0.2, -0.15) is 0 Å². The highest BCUT2D eigenvalue weighted by atomic mass is 16.3. The predicted octanol–water partition coefficient (Wildman–Crippen LogP) is 3.77. The first-order valence-electron chi connectivity index (χ1n) is 7.65. The molecule has 0 saturated carbocycles. The first-order chi connectivity index (χ1) is 11.6. The number of carbonyl (C=O) groups is 1. The first-order valence-corrected chi connectivity index (χ1v) is 7.65. The van der Waals surface area contributed by atoms with E-state index >= 15 is 0 Å². The van der Waals surface area contributed by atoms with Crippen molar-refractivity contribution < 1.29 is 15.0 Å². The van der Waals surface area contributed by atoms with E-state index in [0.717, 1.165) is 5.56 Å². The van der Waals surface area contributed by atoms with Crippen LogP contribution < -0.4 is 0 Å². The summed E-state index contributed by atoms with van der Waals surface area (Å²) in [5.74, 6) is -0.409. The van der Waals surface area contributed by atoms with Crippen molar-refractivity contribution in [2.24, 2.45) is 0 Å². The standard InChI is InChI=1S/C20H15NO3/c22-17-9-8-13(12-18(17)23)11-15-19(14-5-2-1-3-6-14)21-10-4-7-16(21)20(15)24/h1-12,19,22-23H/b15-11+. The highest BCUT2D eigenvalue weighted by molar-refractivity contribution is 6.14. The van der Waals surface area contributed by atoms with Gasteiger partial charge in [-0.15, -0.1) is 0 Å². The average molecular weight is 317 g/mol. The van der Waals surface area contributed by atoms with Gasteiger partial charge in [-0.1, -0.05) is 36.4 Å². The fraction of sp³-hybridized carbons (Fsp3) is 0.0500. The summed E-state index contributed by atoms with van der Waals surface area (Å²) in [6, 6.07) is 17.9. The van der Waals surface area contributed by atoms with Crippen molar-refractivity contribution in [3.8, 4) is 11.5 Å². The number of carbonyl (C=O) groups excluding carboxylic acids is 1. The SMILES string of the molecule is O=C1/C(=C/c2ccc(O)c(O)c2)C(c2ccccc2)n2cccc21. The molecule has 0 saturated heterocycles. The molecule has 1 atom stereocenters. The van der Waals surface area contributed by atoms with Gasteiger partial charge >= 0.3 is 0 Å². The molecule has 2 heterocycles. The summed E-state index contributed by atoms with van der Waals surface area (Å²) in [5.41, 5.74) is 2.98. The molecule has 0 radical (unpaired) electrons. The molecule has 4 rings (SSSR count). The van der Waals surface area contributed by atoms with Crippen LogP contribution in [0.4, 0.5) is 0 Å². The summed E-state index contributed by atoms with van der Waals surface area (Å²) in [7, 11) is 0. The number of nitrogens with zero attached hydrogens (tertiary/aromatic N) is 1. The van der Waals surface area contributed by atoms with Crippen molar-refractivity contribution >= 4 is 11.9 Å². The Balaban J connectivity index is 1.86. The van der Waals surface area contributed by atoms with E-state index in [1.54, 1.807) is 12.1 Å². The Labute approximate surface area is 138 Å². The van der Waals surface area contributed by atoms with Gasteiger partial charge in [0.05, 0.1) is 11.7 Å². The fourth-order valence-corrected chi connectivity index (χ4v) is 3.16. The quantitative estimate of drug-likeness (QED) is 0.559. The van der Waals surface area contributed by atoms with Gasteiger partial charge < -0.3 is 14.8 Å². The van der Waals surface area contributed by atoms with E-state index in [9.17, 15) is 15.0 Å². The molecule has 4 nitrogen and oxygen atoms in total. The van der Waals surface area contributed by atoms with Crippen molar-refractivity contribution in [3.63, 3.8) is 0 Å². The van der Waals surface area contributed by atoms with Crippen LogP contribution in [0.25, 0.3) is 6.08 Å². The molecular weight excluding hydrogens is 302 g/mol. The van der Waals surface area contributed by atoms with Crippen LogP contribution in [0, 0.1) is 0 Å². The number of phenolic OH excluding ortho intramolecular Hbond substituents is 2. The molecule has 0 spiro atoms. The Morgan fingerprint density at radius 1 is 0.917 bits per heavy atom. The maximum atomic E-state index is 12.8. The van der Waals surface area contributed by atoms with Gasteiger partial charge in [-0.25, -0.2) is 0 Å². The highest BCUT2D eigenvalue weighted by Crippen LogP contribution is 2.38. The van der Waals surface area contributed by atoms with Gasteiger partial charge in [0.15, 0.2) is 11.5 Å². The van der Waals surface area contributed by atoms with Crippen molar-refractivity contribution in [3.05, 3.63) is 89.3 Å². The first kappa shape index (κ1) is 14.3. The zero-order valence-corrected chi connectivity index (χ0v) is 12.8. The lowest BCUT2D eigenvalue weighted by Crippen LogP contribution is -2.07. The van der Waals surface area contributed by atoms with E-state index in [4.69, 9.17) is 0 Å². The van der Waals surface area contributed by atoms with Crippen LogP contribution in [0.1, 0.15) is 27.7 Å². The molecule has 1 aliphatic rings. The van der Waals surface area contributed by atoms with Gasteiger partial charge in [0, 0.05) is 11.8 Å². The number of allylic oxidation sites excluding steroid dienone is 1. The Kier molecular flexibility index (Phi) is 3.24. The van der Waals surface area contributed by atoms with Gasteiger partial charge in [0.25, 0.3) is 0 Å². The van der Waals surface area contributed by atoms with Crippen LogP contribution in [0.3, 0.4) is 0 Å². The van der Waals surface area contributed by atoms with Crippen LogP contribution in [-0.4, -0.2) is 20.6 Å². The molecule has 0 fully saturated rings. The number of aromatic hydroxyl groups is 2. The van der Waals surface area contributed by atoms with E-state index in [2.05, 4.69) is 0 Å². The van der Waals surface area contributed by atoms with Crippen LogP contribution in [0.5, 0.6) is 11.5 Å². The van der Waals surface area contributed by atoms with Gasteiger partial charge in [-0.05, 0) is 41.5 Å². The molecule has 24 heavy (non-hydrogen) atoms. The summed E-state index contributed by atoms with van der Waals surface area (Å²) < 4.78 is 1.96. The van der Waals surface area contributed by atoms with Crippen molar-refractivity contribution in [1.82, 2.24) is 4.57 Å². The van der Waals surface area contributed by atoms with Crippen LogP contribution in [0.2, 0.25) is 0 Å². The molecule has 1 aliphatic heterocycles. The lowest BCUT2D eigenvalue weighted by molar-refractivity contribution is 0.103. The Bertz CT molecular complexity index is 954. The molecule has 1 unspecified atom stereocenters. The Morgan fingerprint density at radius 3 is 2.46 bits per heavy atom. The maximum Gasteiger partial charge on any atom is 0.207 e. The molecule has 0 aliphatic carbocycles. The molecule has 2 aromatic carbocycles. The lowest BCUT2D eigenvalue weighted by atomic mass is 9.96. The number of hydrogen-bond donors (Lipinski definition) is 2. The lowest BCUT2D eigenvalue weighted by Gasteiger charge is -2.15. The highest BCUT2D eigenvalue weighted by Gasteiger charge is 2.34. The second kappa shape index (κ2) is 5.42. The second-order valence-corrected chi connectivity index (χ2v) is 5.79. The van der Waals surface area contributed by atoms with Gasteiger partial charge in [0.2, 0.25) is 5.78 Å². The molecule has 1 aromatic heterocycles. The fourth-order valence-electron chi connectivity index (χ4n) is 3.16. The second-order valence-electron chi connectivity index (χ2n) is 5.79. The number of hydrogen-bond acceptors (Lipinski definition) is 3. The molecule has 4 heteroatoms. The summed E-state index contributed by atoms with van der Waals surface area (Å²) in [5, 5.41) is 19.1. The number of phenols is 2. The third-order valence-corrected chi connectivity index (χ3v) is 4.28.